The quantitative estimate of drug-likeness (QED) is 0.444. The smallest absolute Gasteiger partial charge is 0.408 e. The van der Waals surface area contributed by atoms with E-state index in [1.54, 1.807) is 32.9 Å². The van der Waals surface area contributed by atoms with Crippen molar-refractivity contribution in [2.75, 3.05) is 19.7 Å². The lowest BCUT2D eigenvalue weighted by molar-refractivity contribution is -0.141. The van der Waals surface area contributed by atoms with Crippen LogP contribution in [0.15, 0.2) is 24.3 Å². The van der Waals surface area contributed by atoms with Crippen molar-refractivity contribution in [2.24, 2.45) is 0 Å². The standard InChI is InChI=1S/C22H35N3O6/c1-6-7-15(2)24-20(29)19(16-8-10-17(27)11-9-16)25(12-13-26)18(28)14-23-21(30)31-22(3,4)5/h8-11,15,19,26-27H,6-7,12-14H2,1-5H3,(H,23,30)(H,24,29). The summed E-state index contributed by atoms with van der Waals surface area (Å²) in [6, 6.07) is 4.78. The third-order valence-corrected chi connectivity index (χ3v) is 4.32. The molecule has 0 spiro atoms. The van der Waals surface area contributed by atoms with E-state index >= 15 is 0 Å². The number of ether oxygens (including phenoxy) is 1. The van der Waals surface area contributed by atoms with Gasteiger partial charge in [0.05, 0.1) is 6.61 Å². The van der Waals surface area contributed by atoms with Gasteiger partial charge in [-0.3, -0.25) is 9.59 Å². The highest BCUT2D eigenvalue weighted by atomic mass is 16.6. The van der Waals surface area contributed by atoms with Gasteiger partial charge in [0, 0.05) is 12.6 Å². The number of phenols is 1. The van der Waals surface area contributed by atoms with Crippen molar-refractivity contribution in [2.45, 2.75) is 65.1 Å². The Kier molecular flexibility index (Phi) is 10.3. The number of aromatic hydroxyl groups is 1. The van der Waals surface area contributed by atoms with E-state index in [1.807, 2.05) is 13.8 Å². The van der Waals surface area contributed by atoms with Gasteiger partial charge in [0.15, 0.2) is 0 Å². The number of aliphatic hydroxyl groups is 1. The highest BCUT2D eigenvalue weighted by Gasteiger charge is 2.32. The minimum atomic E-state index is -1.04. The molecule has 0 aromatic heterocycles. The Morgan fingerprint density at radius 1 is 1.16 bits per heavy atom. The van der Waals surface area contributed by atoms with E-state index in [-0.39, 0.29) is 24.9 Å². The predicted octanol–water partition coefficient (Wildman–Crippen LogP) is 2.08. The van der Waals surface area contributed by atoms with Crippen LogP contribution in [0.4, 0.5) is 4.79 Å². The SMILES string of the molecule is CCCC(C)NC(=O)C(c1ccc(O)cc1)N(CCO)C(=O)CNC(=O)OC(C)(C)C. The van der Waals surface area contributed by atoms with Crippen molar-refractivity contribution in [3.63, 3.8) is 0 Å². The van der Waals surface area contributed by atoms with Crippen molar-refractivity contribution in [1.82, 2.24) is 15.5 Å². The third-order valence-electron chi connectivity index (χ3n) is 4.32. The van der Waals surface area contributed by atoms with Crippen molar-refractivity contribution in [3.8, 4) is 5.75 Å². The normalized spacial score (nSPS) is 13.1. The average molecular weight is 438 g/mol. The Bertz CT molecular complexity index is 730. The van der Waals surface area contributed by atoms with Gasteiger partial charge in [0.25, 0.3) is 0 Å². The van der Waals surface area contributed by atoms with Crippen LogP contribution < -0.4 is 10.6 Å². The molecule has 0 aliphatic carbocycles. The Morgan fingerprint density at radius 2 is 1.77 bits per heavy atom. The van der Waals surface area contributed by atoms with Crippen molar-refractivity contribution >= 4 is 17.9 Å². The number of nitrogens with zero attached hydrogens (tertiary/aromatic N) is 1. The van der Waals surface area contributed by atoms with E-state index < -0.39 is 36.1 Å². The van der Waals surface area contributed by atoms with Crippen molar-refractivity contribution in [1.29, 1.82) is 0 Å². The first-order chi connectivity index (χ1) is 14.5. The first kappa shape index (κ1) is 26.2. The van der Waals surface area contributed by atoms with Gasteiger partial charge in [0.1, 0.15) is 23.9 Å². The summed E-state index contributed by atoms with van der Waals surface area (Å²) in [6.45, 7) is 8.10. The van der Waals surface area contributed by atoms with Crippen LogP contribution in [-0.2, 0) is 14.3 Å². The monoisotopic (exact) mass is 437 g/mol. The molecule has 0 heterocycles. The van der Waals surface area contributed by atoms with Crippen LogP contribution in [-0.4, -0.2) is 64.4 Å². The van der Waals surface area contributed by atoms with E-state index in [2.05, 4.69) is 10.6 Å². The molecular weight excluding hydrogens is 402 g/mol. The fourth-order valence-electron chi connectivity index (χ4n) is 3.03. The maximum absolute atomic E-state index is 13.1. The van der Waals surface area contributed by atoms with Gasteiger partial charge in [-0.2, -0.15) is 0 Å². The zero-order valence-corrected chi connectivity index (χ0v) is 19.0. The molecule has 4 N–H and O–H groups in total. The number of carbonyl (C=O) groups is 3. The predicted molar refractivity (Wildman–Crippen MR) is 116 cm³/mol. The van der Waals surface area contributed by atoms with Crippen LogP contribution in [0.5, 0.6) is 5.75 Å². The fourth-order valence-corrected chi connectivity index (χ4v) is 3.03. The number of hydrogen-bond donors (Lipinski definition) is 4. The molecule has 0 aliphatic rings. The van der Waals surface area contributed by atoms with E-state index in [9.17, 15) is 24.6 Å². The molecule has 2 unspecified atom stereocenters. The lowest BCUT2D eigenvalue weighted by Crippen LogP contribution is -2.50. The van der Waals surface area contributed by atoms with Crippen molar-refractivity contribution in [3.05, 3.63) is 29.8 Å². The fraction of sp³-hybridized carbons (Fsp3) is 0.591. The zero-order chi connectivity index (χ0) is 23.6. The minimum absolute atomic E-state index is 0.0221. The molecule has 31 heavy (non-hydrogen) atoms. The first-order valence-electron chi connectivity index (χ1n) is 10.4. The number of amides is 3. The Balaban J connectivity index is 3.10. The summed E-state index contributed by atoms with van der Waals surface area (Å²) in [7, 11) is 0. The molecule has 0 aliphatic heterocycles. The van der Waals surface area contributed by atoms with Crippen molar-refractivity contribution < 1.29 is 29.3 Å². The van der Waals surface area contributed by atoms with E-state index in [0.29, 0.717) is 5.56 Å². The second kappa shape index (κ2) is 12.1. The highest BCUT2D eigenvalue weighted by Crippen LogP contribution is 2.24. The topological polar surface area (TPSA) is 128 Å². The number of hydrogen-bond acceptors (Lipinski definition) is 6. The molecule has 0 bridgehead atoms. The van der Waals surface area contributed by atoms with Crippen LogP contribution in [0.3, 0.4) is 0 Å². The van der Waals surface area contributed by atoms with Gasteiger partial charge >= 0.3 is 6.09 Å². The molecule has 0 fully saturated rings. The summed E-state index contributed by atoms with van der Waals surface area (Å²) in [5.74, 6) is -0.948. The summed E-state index contributed by atoms with van der Waals surface area (Å²) in [4.78, 5) is 39.1. The summed E-state index contributed by atoms with van der Waals surface area (Å²) < 4.78 is 5.14. The van der Waals surface area contributed by atoms with Gasteiger partial charge in [-0.1, -0.05) is 25.5 Å². The summed E-state index contributed by atoms with van der Waals surface area (Å²) >= 11 is 0. The van der Waals surface area contributed by atoms with Crippen LogP contribution in [0, 0.1) is 0 Å². The Hall–Kier alpha value is -2.81. The van der Waals surface area contributed by atoms with E-state index in [0.717, 1.165) is 12.8 Å². The molecule has 174 valence electrons. The number of phenolic OH excluding ortho intramolecular Hbond substituents is 1. The van der Waals surface area contributed by atoms with Crippen LogP contribution in [0.1, 0.15) is 59.1 Å². The Morgan fingerprint density at radius 3 is 2.29 bits per heavy atom. The van der Waals surface area contributed by atoms with Gasteiger partial charge in [-0.25, -0.2) is 4.79 Å². The van der Waals surface area contributed by atoms with Crippen LogP contribution in [0.2, 0.25) is 0 Å². The molecule has 9 heteroatoms. The molecule has 1 rings (SSSR count). The van der Waals surface area contributed by atoms with E-state index in [1.165, 1.54) is 17.0 Å². The minimum Gasteiger partial charge on any atom is -0.508 e. The van der Waals surface area contributed by atoms with E-state index in [4.69, 9.17) is 4.74 Å². The van der Waals surface area contributed by atoms with Crippen LogP contribution in [0.25, 0.3) is 0 Å². The molecule has 0 radical (unpaired) electrons. The number of rotatable bonds is 10. The molecule has 0 saturated heterocycles. The molecule has 1 aromatic rings. The van der Waals surface area contributed by atoms with Gasteiger partial charge in [-0.15, -0.1) is 0 Å². The molecule has 3 amide bonds. The molecule has 2 atom stereocenters. The second-order valence-corrected chi connectivity index (χ2v) is 8.36. The van der Waals surface area contributed by atoms with Crippen LogP contribution >= 0.6 is 0 Å². The molecular formula is C22H35N3O6. The molecule has 9 nitrogen and oxygen atoms in total. The van der Waals surface area contributed by atoms with Gasteiger partial charge in [0.2, 0.25) is 11.8 Å². The summed E-state index contributed by atoms with van der Waals surface area (Å²) in [6.07, 6.45) is 0.888. The summed E-state index contributed by atoms with van der Waals surface area (Å²) in [5, 5.41) is 24.4. The first-order valence-corrected chi connectivity index (χ1v) is 10.4. The van der Waals surface area contributed by atoms with Gasteiger partial charge in [-0.05, 0) is 51.8 Å². The molecule has 0 saturated carbocycles. The zero-order valence-electron chi connectivity index (χ0n) is 19.0. The number of nitrogens with one attached hydrogen (secondary N) is 2. The van der Waals surface area contributed by atoms with Gasteiger partial charge < -0.3 is 30.5 Å². The highest BCUT2D eigenvalue weighted by molar-refractivity contribution is 5.90. The third kappa shape index (κ3) is 9.25. The second-order valence-electron chi connectivity index (χ2n) is 8.36. The molecule has 1 aromatic carbocycles. The number of carbonyl (C=O) groups excluding carboxylic acids is 3. The lowest BCUT2D eigenvalue weighted by Gasteiger charge is -2.32. The summed E-state index contributed by atoms with van der Waals surface area (Å²) in [5.41, 5.74) is -0.250. The number of alkyl carbamates (subject to hydrolysis) is 1. The largest absolute Gasteiger partial charge is 0.508 e. The number of aliphatic hydroxyl groups excluding tert-OH is 1. The lowest BCUT2D eigenvalue weighted by atomic mass is 10.0. The maximum atomic E-state index is 13.1. The maximum Gasteiger partial charge on any atom is 0.408 e. The number of benzene rings is 1. The average Bonchev–Trinajstić information content (AvgIpc) is 2.66. The Labute approximate surface area is 183 Å².